The first-order chi connectivity index (χ1) is 20.0. The average Bonchev–Trinajstić information content (AvgIpc) is 2.94. The van der Waals surface area contributed by atoms with E-state index in [0.29, 0.717) is 36.3 Å². The van der Waals surface area contributed by atoms with Crippen molar-refractivity contribution in [2.75, 3.05) is 19.6 Å². The van der Waals surface area contributed by atoms with Crippen molar-refractivity contribution in [2.24, 2.45) is 17.1 Å². The van der Waals surface area contributed by atoms with Crippen LogP contribution in [-0.4, -0.2) is 52.7 Å². The number of aromatic hydroxyl groups is 1. The zero-order chi connectivity index (χ0) is 30.9. The van der Waals surface area contributed by atoms with Gasteiger partial charge in [-0.1, -0.05) is 62.8 Å². The highest BCUT2D eigenvalue weighted by molar-refractivity contribution is 5.97. The number of hydrogen-bond acceptors (Lipinski definition) is 5. The Kier molecular flexibility index (Phi) is 11.9. The van der Waals surface area contributed by atoms with E-state index in [2.05, 4.69) is 24.4 Å². The Labute approximate surface area is 249 Å². The molecule has 2 amide bonds. The average molecular weight is 580 g/mol. The molecule has 0 fully saturated rings. The van der Waals surface area contributed by atoms with E-state index in [4.69, 9.17) is 5.73 Å². The number of aryl methyl sites for hydroxylation is 1. The summed E-state index contributed by atoms with van der Waals surface area (Å²) in [5, 5.41) is 25.1. The second-order valence-corrected chi connectivity index (χ2v) is 11.4. The molecular formula is C34H46FN3O4. The number of nitrogens with zero attached hydrogens (tertiary/aromatic N) is 1. The molecule has 0 saturated carbocycles. The number of allylic oxidation sites excluding steroid dienone is 2. The summed E-state index contributed by atoms with van der Waals surface area (Å²) in [6.45, 7) is 9.74. The third kappa shape index (κ3) is 8.29. The molecule has 0 saturated heterocycles. The van der Waals surface area contributed by atoms with Crippen LogP contribution < -0.4 is 11.1 Å². The van der Waals surface area contributed by atoms with Gasteiger partial charge in [-0.25, -0.2) is 4.39 Å². The van der Waals surface area contributed by atoms with Crippen molar-refractivity contribution in [3.05, 3.63) is 88.3 Å². The zero-order valence-corrected chi connectivity index (χ0v) is 25.3. The van der Waals surface area contributed by atoms with Crippen LogP contribution in [0, 0.1) is 17.2 Å². The van der Waals surface area contributed by atoms with Crippen LogP contribution >= 0.6 is 0 Å². The van der Waals surface area contributed by atoms with Gasteiger partial charge in [0.05, 0.1) is 11.5 Å². The van der Waals surface area contributed by atoms with Gasteiger partial charge in [0.25, 0.3) is 0 Å². The lowest BCUT2D eigenvalue weighted by Crippen LogP contribution is -2.51. The molecule has 1 aliphatic rings. The Bertz CT molecular complexity index is 1280. The summed E-state index contributed by atoms with van der Waals surface area (Å²) >= 11 is 0. The van der Waals surface area contributed by atoms with Crippen LogP contribution in [-0.2, 0) is 29.0 Å². The van der Waals surface area contributed by atoms with Gasteiger partial charge in [-0.15, -0.1) is 0 Å². The third-order valence-corrected chi connectivity index (χ3v) is 7.98. The van der Waals surface area contributed by atoms with Crippen LogP contribution in [0.4, 0.5) is 4.39 Å². The van der Waals surface area contributed by atoms with Gasteiger partial charge in [0.1, 0.15) is 11.6 Å². The quantitative estimate of drug-likeness (QED) is 0.242. The molecule has 0 aromatic heterocycles. The maximum absolute atomic E-state index is 14.3. The molecule has 7 nitrogen and oxygen atoms in total. The summed E-state index contributed by atoms with van der Waals surface area (Å²) in [6.07, 6.45) is 5.03. The Hall–Kier alpha value is -3.49. The molecule has 5 N–H and O–H groups in total. The molecule has 3 atom stereocenters. The third-order valence-electron chi connectivity index (χ3n) is 7.98. The highest BCUT2D eigenvalue weighted by Gasteiger charge is 2.48. The van der Waals surface area contributed by atoms with Gasteiger partial charge in [-0.05, 0) is 67.9 Å². The number of phenols is 1. The molecule has 3 rings (SSSR count). The molecule has 0 bridgehead atoms. The number of carbonyl (C=O) groups is 2. The maximum atomic E-state index is 14.3. The number of nitrogens with two attached hydrogens (primary N) is 1. The summed E-state index contributed by atoms with van der Waals surface area (Å²) < 4.78 is 14.3. The smallest absolute Gasteiger partial charge is 0.249 e. The van der Waals surface area contributed by atoms with Gasteiger partial charge in [-0.2, -0.15) is 0 Å². The number of amides is 2. The van der Waals surface area contributed by atoms with E-state index in [9.17, 15) is 24.2 Å². The Morgan fingerprint density at radius 3 is 2.38 bits per heavy atom. The van der Waals surface area contributed by atoms with Gasteiger partial charge in [0.15, 0.2) is 0 Å². The van der Waals surface area contributed by atoms with Crippen molar-refractivity contribution in [1.82, 2.24) is 10.2 Å². The standard InChI is InChI=1S/C34H46FN3O4/c1-5-11-38(12-6-2)32(41)27-13-23(4)19-34(20-27,33(36)42)30(17-26-15-28(35)18-29(39)16-26)31(40)22-37-21-25-10-8-9-24(7-3)14-25/h8-10,13-16,18-19,30-31,37,39-40H,5-7,11-12,17,20-22H2,1-4H3,(H2,36,42)/t30-,31+,34?/m1/s1. The Balaban J connectivity index is 1.98. The topological polar surface area (TPSA) is 116 Å². The van der Waals surface area contributed by atoms with Crippen LogP contribution in [0.25, 0.3) is 0 Å². The van der Waals surface area contributed by atoms with E-state index in [1.54, 1.807) is 17.1 Å². The molecule has 0 aliphatic heterocycles. The molecule has 0 radical (unpaired) electrons. The fourth-order valence-corrected chi connectivity index (χ4v) is 6.05. The van der Waals surface area contributed by atoms with Crippen molar-refractivity contribution < 1.29 is 24.2 Å². The number of rotatable bonds is 15. The first kappa shape index (κ1) is 33.0. The fraction of sp³-hybridized carbons (Fsp3) is 0.471. The number of carbonyl (C=O) groups excluding carboxylic acids is 2. The minimum Gasteiger partial charge on any atom is -0.508 e. The van der Waals surface area contributed by atoms with Crippen molar-refractivity contribution in [2.45, 2.75) is 72.4 Å². The van der Waals surface area contributed by atoms with Crippen LogP contribution in [0.2, 0.25) is 0 Å². The van der Waals surface area contributed by atoms with Crippen molar-refractivity contribution >= 4 is 11.8 Å². The van der Waals surface area contributed by atoms with E-state index >= 15 is 0 Å². The minimum atomic E-state index is -1.42. The van der Waals surface area contributed by atoms with E-state index in [-0.39, 0.29) is 31.0 Å². The van der Waals surface area contributed by atoms with E-state index in [1.165, 1.54) is 17.7 Å². The van der Waals surface area contributed by atoms with Crippen LogP contribution in [0.15, 0.2) is 65.8 Å². The summed E-state index contributed by atoms with van der Waals surface area (Å²) in [4.78, 5) is 28.9. The first-order valence-corrected chi connectivity index (χ1v) is 15.0. The Morgan fingerprint density at radius 2 is 1.76 bits per heavy atom. The predicted octanol–water partition coefficient (Wildman–Crippen LogP) is 4.80. The van der Waals surface area contributed by atoms with Gasteiger partial charge in [0.2, 0.25) is 11.8 Å². The highest BCUT2D eigenvalue weighted by Crippen LogP contribution is 2.44. The molecule has 228 valence electrons. The van der Waals surface area contributed by atoms with E-state index in [0.717, 1.165) is 30.9 Å². The monoisotopic (exact) mass is 579 g/mol. The summed E-state index contributed by atoms with van der Waals surface area (Å²) in [6, 6.07) is 11.9. The van der Waals surface area contributed by atoms with Crippen LogP contribution in [0.5, 0.6) is 5.75 Å². The van der Waals surface area contributed by atoms with Crippen LogP contribution in [0.1, 0.15) is 63.6 Å². The van der Waals surface area contributed by atoms with Crippen molar-refractivity contribution in [1.29, 1.82) is 0 Å². The number of halogens is 1. The fourth-order valence-electron chi connectivity index (χ4n) is 6.05. The molecular weight excluding hydrogens is 533 g/mol. The number of benzene rings is 2. The summed E-state index contributed by atoms with van der Waals surface area (Å²) in [7, 11) is 0. The molecule has 0 heterocycles. The lowest BCUT2D eigenvalue weighted by molar-refractivity contribution is -0.132. The van der Waals surface area contributed by atoms with Gasteiger partial charge >= 0.3 is 0 Å². The van der Waals surface area contributed by atoms with Crippen LogP contribution in [0.3, 0.4) is 0 Å². The normalized spacial score (nSPS) is 18.1. The summed E-state index contributed by atoms with van der Waals surface area (Å²) in [5.41, 5.74) is 8.56. The molecule has 2 aromatic rings. The number of hydrogen-bond donors (Lipinski definition) is 4. The number of nitrogens with one attached hydrogen (secondary N) is 1. The molecule has 1 aliphatic carbocycles. The highest BCUT2D eigenvalue weighted by atomic mass is 19.1. The van der Waals surface area contributed by atoms with Gasteiger partial charge in [0, 0.05) is 43.7 Å². The second kappa shape index (κ2) is 15.1. The molecule has 42 heavy (non-hydrogen) atoms. The van der Waals surface area contributed by atoms with E-state index in [1.807, 2.05) is 32.9 Å². The first-order valence-electron chi connectivity index (χ1n) is 15.0. The second-order valence-electron chi connectivity index (χ2n) is 11.4. The summed E-state index contributed by atoms with van der Waals surface area (Å²) in [5.74, 6) is -2.51. The van der Waals surface area contributed by atoms with E-state index < -0.39 is 29.2 Å². The zero-order valence-electron chi connectivity index (χ0n) is 25.3. The SMILES string of the molecule is CCCN(CCC)C(=O)C1=CC(C)=CC(C(N)=O)([C@H](Cc2cc(O)cc(F)c2)[C@@H](O)CNCc2cccc(CC)c2)C1. The number of aliphatic hydroxyl groups excluding tert-OH is 1. The minimum absolute atomic E-state index is 0.0179. The van der Waals surface area contributed by atoms with Crippen molar-refractivity contribution in [3.8, 4) is 5.75 Å². The van der Waals surface area contributed by atoms with Gasteiger partial charge in [-0.3, -0.25) is 9.59 Å². The maximum Gasteiger partial charge on any atom is 0.249 e. The number of aliphatic hydroxyl groups is 1. The van der Waals surface area contributed by atoms with Gasteiger partial charge < -0.3 is 26.2 Å². The lowest BCUT2D eigenvalue weighted by Gasteiger charge is -2.42. The molecule has 2 aromatic carbocycles. The number of primary amides is 1. The lowest BCUT2D eigenvalue weighted by atomic mass is 9.63. The molecule has 8 heteroatoms. The Morgan fingerprint density at radius 1 is 1.07 bits per heavy atom. The number of phenolic OH excluding ortho intramolecular Hbond substituents is 1. The molecule has 0 spiro atoms. The predicted molar refractivity (Wildman–Crippen MR) is 164 cm³/mol. The molecule has 1 unspecified atom stereocenters. The van der Waals surface area contributed by atoms with Crippen molar-refractivity contribution in [3.63, 3.8) is 0 Å². The largest absolute Gasteiger partial charge is 0.508 e.